The van der Waals surface area contributed by atoms with Crippen molar-refractivity contribution in [3.8, 4) is 5.88 Å². The number of carbonyl (C=O) groups is 1. The summed E-state index contributed by atoms with van der Waals surface area (Å²) in [6.07, 6.45) is 1.57. The maximum Gasteiger partial charge on any atom is 0.257 e. The van der Waals surface area contributed by atoms with Crippen LogP contribution >= 0.6 is 0 Å². The molecule has 3 heterocycles. The molecular formula is C21H26N6O2. The number of anilines is 1. The third-order valence-corrected chi connectivity index (χ3v) is 5.20. The van der Waals surface area contributed by atoms with Crippen molar-refractivity contribution >= 4 is 22.5 Å². The minimum Gasteiger partial charge on any atom is -0.474 e. The first-order valence-electron chi connectivity index (χ1n) is 9.91. The average molecular weight is 394 g/mol. The Labute approximate surface area is 169 Å². The number of aryl methyl sites for hydroxylation is 2. The molecule has 2 aromatic heterocycles. The van der Waals surface area contributed by atoms with Gasteiger partial charge in [-0.05, 0) is 45.9 Å². The van der Waals surface area contributed by atoms with Gasteiger partial charge in [-0.2, -0.15) is 5.10 Å². The van der Waals surface area contributed by atoms with E-state index in [0.29, 0.717) is 24.5 Å². The fourth-order valence-electron chi connectivity index (χ4n) is 3.73. The molecule has 0 radical (unpaired) electrons. The van der Waals surface area contributed by atoms with Crippen molar-refractivity contribution in [1.82, 2.24) is 25.1 Å². The molecule has 8 nitrogen and oxygen atoms in total. The Morgan fingerprint density at radius 3 is 2.55 bits per heavy atom. The Hall–Kier alpha value is -3.16. The molecule has 0 aliphatic carbocycles. The first-order chi connectivity index (χ1) is 13.9. The summed E-state index contributed by atoms with van der Waals surface area (Å²) < 4.78 is 5.85. The third kappa shape index (κ3) is 3.74. The molecule has 8 heteroatoms. The number of piperazine rings is 1. The summed E-state index contributed by atoms with van der Waals surface area (Å²) in [4.78, 5) is 25.7. The van der Waals surface area contributed by atoms with Crippen molar-refractivity contribution < 1.29 is 9.53 Å². The quantitative estimate of drug-likeness (QED) is 0.732. The van der Waals surface area contributed by atoms with Gasteiger partial charge in [0.2, 0.25) is 5.88 Å². The van der Waals surface area contributed by atoms with E-state index in [9.17, 15) is 4.79 Å². The number of aromatic nitrogens is 4. The lowest BCUT2D eigenvalue weighted by Gasteiger charge is -2.36. The number of hydrogen-bond acceptors (Lipinski definition) is 6. The minimum absolute atomic E-state index is 0.0427. The molecule has 29 heavy (non-hydrogen) atoms. The zero-order valence-corrected chi connectivity index (χ0v) is 17.3. The molecule has 1 fully saturated rings. The average Bonchev–Trinajstić information content (AvgIpc) is 3.05. The van der Waals surface area contributed by atoms with Crippen LogP contribution in [0, 0.1) is 13.8 Å². The fraction of sp³-hybridized carbons (Fsp3) is 0.429. The molecule has 0 atom stereocenters. The molecule has 1 saturated heterocycles. The summed E-state index contributed by atoms with van der Waals surface area (Å²) >= 11 is 0. The van der Waals surface area contributed by atoms with Crippen molar-refractivity contribution in [2.24, 2.45) is 0 Å². The van der Waals surface area contributed by atoms with E-state index in [0.717, 1.165) is 41.1 Å². The highest BCUT2D eigenvalue weighted by Gasteiger charge is 2.26. The number of amides is 1. The number of nitrogens with zero attached hydrogens (tertiary/aromatic N) is 5. The smallest absolute Gasteiger partial charge is 0.257 e. The van der Waals surface area contributed by atoms with Crippen LogP contribution in [0.4, 0.5) is 5.69 Å². The molecule has 1 aliphatic heterocycles. The van der Waals surface area contributed by atoms with Crippen molar-refractivity contribution in [3.63, 3.8) is 0 Å². The van der Waals surface area contributed by atoms with Crippen LogP contribution in [-0.4, -0.2) is 63.3 Å². The maximum absolute atomic E-state index is 12.9. The number of carbonyl (C=O) groups excluding carboxylic acids is 1. The van der Waals surface area contributed by atoms with E-state index in [-0.39, 0.29) is 12.0 Å². The second-order valence-corrected chi connectivity index (χ2v) is 7.64. The molecule has 152 valence electrons. The molecule has 3 aromatic rings. The van der Waals surface area contributed by atoms with Gasteiger partial charge in [0.25, 0.3) is 5.91 Å². The van der Waals surface area contributed by atoms with Gasteiger partial charge < -0.3 is 14.5 Å². The monoisotopic (exact) mass is 394 g/mol. The van der Waals surface area contributed by atoms with Gasteiger partial charge >= 0.3 is 0 Å². The topological polar surface area (TPSA) is 87.2 Å². The first kappa shape index (κ1) is 19.2. The lowest BCUT2D eigenvalue weighted by atomic mass is 10.1. The van der Waals surface area contributed by atoms with Gasteiger partial charge in [0, 0.05) is 37.6 Å². The number of benzene rings is 1. The van der Waals surface area contributed by atoms with Gasteiger partial charge in [-0.3, -0.25) is 9.89 Å². The number of aromatic amines is 1. The van der Waals surface area contributed by atoms with Crippen molar-refractivity contribution in [2.75, 3.05) is 31.1 Å². The second kappa shape index (κ2) is 7.69. The fourth-order valence-corrected chi connectivity index (χ4v) is 3.73. The molecule has 1 amide bonds. The summed E-state index contributed by atoms with van der Waals surface area (Å²) in [7, 11) is 0. The van der Waals surface area contributed by atoms with Gasteiger partial charge in [0.1, 0.15) is 6.33 Å². The molecule has 0 spiro atoms. The molecule has 1 N–H and O–H groups in total. The van der Waals surface area contributed by atoms with Crippen LogP contribution in [0.25, 0.3) is 10.9 Å². The standard InChI is InChI=1S/C21H26N6O2/c1-13(2)29-20-17-11-16(5-6-18(17)22-12-23-20)26-7-9-27(10-8-26)21(28)19-14(3)24-25-15(19)4/h5-6,11-13H,7-10H2,1-4H3,(H,24,25). The molecule has 0 bridgehead atoms. The summed E-state index contributed by atoms with van der Waals surface area (Å²) in [6, 6.07) is 6.14. The van der Waals surface area contributed by atoms with Crippen molar-refractivity contribution in [1.29, 1.82) is 0 Å². The number of H-pyrrole nitrogens is 1. The molecule has 1 aliphatic rings. The van der Waals surface area contributed by atoms with Gasteiger partial charge in [-0.15, -0.1) is 0 Å². The van der Waals surface area contributed by atoms with Crippen LogP contribution in [0.15, 0.2) is 24.5 Å². The number of ether oxygens (including phenoxy) is 1. The van der Waals surface area contributed by atoms with Gasteiger partial charge in [-0.25, -0.2) is 9.97 Å². The largest absolute Gasteiger partial charge is 0.474 e. The summed E-state index contributed by atoms with van der Waals surface area (Å²) in [6.45, 7) is 10.6. The van der Waals surface area contributed by atoms with E-state index in [4.69, 9.17) is 4.74 Å². The summed E-state index contributed by atoms with van der Waals surface area (Å²) in [5.74, 6) is 0.652. The van der Waals surface area contributed by atoms with E-state index in [2.05, 4.69) is 37.2 Å². The Bertz CT molecular complexity index is 1020. The van der Waals surface area contributed by atoms with Crippen LogP contribution in [0.5, 0.6) is 5.88 Å². The molecule has 0 unspecified atom stereocenters. The zero-order chi connectivity index (χ0) is 20.5. The molecule has 0 saturated carbocycles. The highest BCUT2D eigenvalue weighted by Crippen LogP contribution is 2.28. The predicted molar refractivity (Wildman–Crippen MR) is 111 cm³/mol. The van der Waals surface area contributed by atoms with Crippen LogP contribution in [0.1, 0.15) is 35.6 Å². The SMILES string of the molecule is Cc1n[nH]c(C)c1C(=O)N1CCN(c2ccc3ncnc(OC(C)C)c3c2)CC1. The van der Waals surface area contributed by atoms with Gasteiger partial charge in [0.15, 0.2) is 0 Å². The van der Waals surface area contributed by atoms with Crippen LogP contribution in [0.2, 0.25) is 0 Å². The van der Waals surface area contributed by atoms with E-state index >= 15 is 0 Å². The van der Waals surface area contributed by atoms with Gasteiger partial charge in [-0.1, -0.05) is 0 Å². The second-order valence-electron chi connectivity index (χ2n) is 7.64. The molecular weight excluding hydrogens is 368 g/mol. The molecule has 4 rings (SSSR count). The number of fused-ring (bicyclic) bond motifs is 1. The van der Waals surface area contributed by atoms with Crippen LogP contribution < -0.4 is 9.64 Å². The highest BCUT2D eigenvalue weighted by atomic mass is 16.5. The first-order valence-corrected chi connectivity index (χ1v) is 9.91. The third-order valence-electron chi connectivity index (χ3n) is 5.20. The lowest BCUT2D eigenvalue weighted by molar-refractivity contribution is 0.0745. The number of rotatable bonds is 4. The number of hydrogen-bond donors (Lipinski definition) is 1. The Morgan fingerprint density at radius 2 is 1.90 bits per heavy atom. The maximum atomic E-state index is 12.9. The Morgan fingerprint density at radius 1 is 1.14 bits per heavy atom. The van der Waals surface area contributed by atoms with Crippen LogP contribution in [-0.2, 0) is 0 Å². The molecule has 1 aromatic carbocycles. The van der Waals surface area contributed by atoms with E-state index in [1.165, 1.54) is 6.33 Å². The van der Waals surface area contributed by atoms with Crippen LogP contribution in [0.3, 0.4) is 0 Å². The Balaban J connectivity index is 1.51. The van der Waals surface area contributed by atoms with Crippen molar-refractivity contribution in [2.45, 2.75) is 33.8 Å². The number of nitrogens with one attached hydrogen (secondary N) is 1. The summed E-state index contributed by atoms with van der Waals surface area (Å²) in [5, 5.41) is 7.95. The summed E-state index contributed by atoms with van der Waals surface area (Å²) in [5.41, 5.74) is 4.21. The van der Waals surface area contributed by atoms with Gasteiger partial charge in [0.05, 0.1) is 28.3 Å². The predicted octanol–water partition coefficient (Wildman–Crippen LogP) is 2.72. The lowest BCUT2D eigenvalue weighted by Crippen LogP contribution is -2.49. The zero-order valence-electron chi connectivity index (χ0n) is 17.3. The highest BCUT2D eigenvalue weighted by molar-refractivity contribution is 5.96. The normalized spacial score (nSPS) is 14.7. The van der Waals surface area contributed by atoms with E-state index < -0.39 is 0 Å². The Kier molecular flexibility index (Phi) is 5.08. The van der Waals surface area contributed by atoms with E-state index in [1.54, 1.807) is 0 Å². The minimum atomic E-state index is 0.0427. The van der Waals surface area contributed by atoms with Crippen molar-refractivity contribution in [3.05, 3.63) is 41.5 Å². The van der Waals surface area contributed by atoms with E-state index in [1.807, 2.05) is 38.7 Å².